The molecule has 0 bridgehead atoms. The molecular formula is C35H36N6O4. The van der Waals surface area contributed by atoms with Crippen LogP contribution in [0.25, 0.3) is 22.5 Å². The van der Waals surface area contributed by atoms with Crippen LogP contribution in [0.4, 0.5) is 11.4 Å². The highest BCUT2D eigenvalue weighted by Gasteiger charge is 2.34. The summed E-state index contributed by atoms with van der Waals surface area (Å²) in [7, 11) is 0. The van der Waals surface area contributed by atoms with Crippen LogP contribution in [-0.4, -0.2) is 69.4 Å². The fourth-order valence-corrected chi connectivity index (χ4v) is 6.30. The highest BCUT2D eigenvalue weighted by Crippen LogP contribution is 2.31. The molecule has 3 heterocycles. The number of amides is 4. The van der Waals surface area contributed by atoms with Crippen LogP contribution in [0.3, 0.4) is 0 Å². The first-order valence-corrected chi connectivity index (χ1v) is 15.3. The minimum atomic E-state index is -0.476. The van der Waals surface area contributed by atoms with E-state index in [0.29, 0.717) is 25.1 Å². The third kappa shape index (κ3) is 6.50. The van der Waals surface area contributed by atoms with Gasteiger partial charge in [0.25, 0.3) is 0 Å². The summed E-state index contributed by atoms with van der Waals surface area (Å²) in [6, 6.07) is 26.6. The summed E-state index contributed by atoms with van der Waals surface area (Å²) in [6.07, 6.45) is 3.75. The van der Waals surface area contributed by atoms with Crippen molar-refractivity contribution in [3.05, 3.63) is 90.5 Å². The SMILES string of the molecule is CC(=O)N(C=O)C1CCCN1c1ccc(-c2cc(-c3ccc(NC(=O)[C@@H]4CCCN4C(=O)Cc4ccccc4)cc3)n[nH]2)cc1. The van der Waals surface area contributed by atoms with Crippen LogP contribution in [0.1, 0.15) is 38.2 Å². The molecule has 2 fully saturated rings. The minimum Gasteiger partial charge on any atom is -0.351 e. The molecule has 230 valence electrons. The highest BCUT2D eigenvalue weighted by atomic mass is 16.2. The van der Waals surface area contributed by atoms with Crippen molar-refractivity contribution in [1.29, 1.82) is 0 Å². The van der Waals surface area contributed by atoms with E-state index in [2.05, 4.69) is 20.4 Å². The lowest BCUT2D eigenvalue weighted by Gasteiger charge is -2.32. The van der Waals surface area contributed by atoms with Crippen molar-refractivity contribution in [1.82, 2.24) is 20.0 Å². The number of carbonyl (C=O) groups is 4. The average molecular weight is 605 g/mol. The Labute approximate surface area is 262 Å². The fraction of sp³-hybridized carbons (Fsp3) is 0.286. The summed E-state index contributed by atoms with van der Waals surface area (Å²) >= 11 is 0. The van der Waals surface area contributed by atoms with Crippen LogP contribution in [0.5, 0.6) is 0 Å². The number of nitrogens with zero attached hydrogens (tertiary/aromatic N) is 4. The number of H-pyrrole nitrogens is 1. The molecule has 0 spiro atoms. The lowest BCUT2D eigenvalue weighted by Crippen LogP contribution is -2.46. The Morgan fingerprint density at radius 3 is 2.36 bits per heavy atom. The number of benzene rings is 3. The summed E-state index contributed by atoms with van der Waals surface area (Å²) in [5.74, 6) is -0.464. The molecule has 0 saturated carbocycles. The molecule has 2 N–H and O–H groups in total. The molecule has 10 nitrogen and oxygen atoms in total. The zero-order valence-corrected chi connectivity index (χ0v) is 25.2. The molecule has 1 unspecified atom stereocenters. The monoisotopic (exact) mass is 604 g/mol. The predicted molar refractivity (Wildman–Crippen MR) is 172 cm³/mol. The number of anilines is 2. The Hall–Kier alpha value is -5.25. The summed E-state index contributed by atoms with van der Waals surface area (Å²) in [5.41, 5.74) is 6.03. The summed E-state index contributed by atoms with van der Waals surface area (Å²) in [6.45, 7) is 2.77. The van der Waals surface area contributed by atoms with Crippen LogP contribution >= 0.6 is 0 Å². The zero-order chi connectivity index (χ0) is 31.3. The molecule has 2 atom stereocenters. The second kappa shape index (κ2) is 13.2. The van der Waals surface area contributed by atoms with Gasteiger partial charge in [-0.25, -0.2) is 0 Å². The van der Waals surface area contributed by atoms with Crippen molar-refractivity contribution in [3.63, 3.8) is 0 Å². The molecule has 6 rings (SSSR count). The maximum Gasteiger partial charge on any atom is 0.247 e. The molecular weight excluding hydrogens is 568 g/mol. The zero-order valence-electron chi connectivity index (χ0n) is 25.2. The van der Waals surface area contributed by atoms with Crippen molar-refractivity contribution >= 4 is 35.5 Å². The molecule has 0 radical (unpaired) electrons. The van der Waals surface area contributed by atoms with Gasteiger partial charge in [-0.15, -0.1) is 0 Å². The van der Waals surface area contributed by atoms with Gasteiger partial charge in [-0.3, -0.25) is 29.2 Å². The van der Waals surface area contributed by atoms with E-state index in [1.807, 2.05) is 84.9 Å². The van der Waals surface area contributed by atoms with Crippen molar-refractivity contribution in [2.24, 2.45) is 0 Å². The Balaban J connectivity index is 1.08. The number of likely N-dealkylation sites (tertiary alicyclic amines) is 1. The molecule has 10 heteroatoms. The van der Waals surface area contributed by atoms with E-state index in [4.69, 9.17) is 0 Å². The van der Waals surface area contributed by atoms with E-state index >= 15 is 0 Å². The predicted octanol–water partition coefficient (Wildman–Crippen LogP) is 4.85. The van der Waals surface area contributed by atoms with Crippen LogP contribution in [0.15, 0.2) is 84.9 Å². The number of imide groups is 1. The molecule has 0 aliphatic carbocycles. The molecule has 4 amide bonds. The van der Waals surface area contributed by atoms with Crippen LogP contribution in [0.2, 0.25) is 0 Å². The van der Waals surface area contributed by atoms with E-state index in [1.54, 1.807) is 4.90 Å². The lowest BCUT2D eigenvalue weighted by molar-refractivity contribution is -0.138. The van der Waals surface area contributed by atoms with Gasteiger partial charge in [0.1, 0.15) is 12.2 Å². The molecule has 45 heavy (non-hydrogen) atoms. The smallest absolute Gasteiger partial charge is 0.247 e. The standard InChI is InChI=1S/C35H36N6O4/c1-24(43)41(23-42)33-10-6-19-39(33)29-17-13-27(14-18-29)31-22-30(37-38-31)26-11-15-28(16-12-26)36-35(45)32-9-5-20-40(32)34(44)21-25-7-3-2-4-8-25/h2-4,7-8,11-18,22-23,32-33H,5-6,9-10,19-21H2,1H3,(H,36,45)(H,37,38)/t32-,33?/m0/s1. The number of carbonyl (C=O) groups excluding carboxylic acids is 4. The van der Waals surface area contributed by atoms with Gasteiger partial charge < -0.3 is 15.1 Å². The summed E-state index contributed by atoms with van der Waals surface area (Å²) in [4.78, 5) is 54.6. The van der Waals surface area contributed by atoms with Crippen molar-refractivity contribution < 1.29 is 19.2 Å². The maximum atomic E-state index is 13.1. The van der Waals surface area contributed by atoms with Gasteiger partial charge in [-0.1, -0.05) is 54.6 Å². The van der Waals surface area contributed by atoms with Gasteiger partial charge in [0.2, 0.25) is 24.1 Å². The van der Waals surface area contributed by atoms with Crippen molar-refractivity contribution in [2.45, 2.75) is 51.2 Å². The van der Waals surface area contributed by atoms with E-state index in [-0.39, 0.29) is 30.3 Å². The molecule has 2 aliphatic rings. The second-order valence-electron chi connectivity index (χ2n) is 11.5. The molecule has 4 aromatic rings. The summed E-state index contributed by atoms with van der Waals surface area (Å²) < 4.78 is 0. The number of nitrogens with one attached hydrogen (secondary N) is 2. The van der Waals surface area contributed by atoms with Crippen LogP contribution < -0.4 is 10.2 Å². The minimum absolute atomic E-state index is 0.0315. The van der Waals surface area contributed by atoms with Crippen LogP contribution in [0, 0.1) is 0 Å². The fourth-order valence-electron chi connectivity index (χ4n) is 6.30. The van der Waals surface area contributed by atoms with E-state index in [0.717, 1.165) is 59.6 Å². The van der Waals surface area contributed by atoms with Gasteiger partial charge in [0.15, 0.2) is 0 Å². The van der Waals surface area contributed by atoms with Crippen LogP contribution in [-0.2, 0) is 25.6 Å². The first-order chi connectivity index (χ1) is 21.9. The summed E-state index contributed by atoms with van der Waals surface area (Å²) in [5, 5.41) is 10.6. The topological polar surface area (TPSA) is 119 Å². The van der Waals surface area contributed by atoms with Gasteiger partial charge in [-0.05, 0) is 67.1 Å². The number of hydrogen-bond donors (Lipinski definition) is 2. The largest absolute Gasteiger partial charge is 0.351 e. The van der Waals surface area contributed by atoms with Gasteiger partial charge in [-0.2, -0.15) is 5.10 Å². The number of rotatable bonds is 9. The van der Waals surface area contributed by atoms with E-state index in [1.165, 1.54) is 11.8 Å². The Morgan fingerprint density at radius 2 is 1.64 bits per heavy atom. The first kappa shape index (κ1) is 29.8. The number of hydrogen-bond acceptors (Lipinski definition) is 6. The lowest BCUT2D eigenvalue weighted by atomic mass is 10.1. The van der Waals surface area contributed by atoms with Crippen molar-refractivity contribution in [3.8, 4) is 22.5 Å². The third-order valence-electron chi connectivity index (χ3n) is 8.63. The quantitative estimate of drug-likeness (QED) is 0.264. The normalized spacial score (nSPS) is 17.7. The number of aromatic nitrogens is 2. The van der Waals surface area contributed by atoms with Gasteiger partial charge in [0.05, 0.1) is 17.8 Å². The first-order valence-electron chi connectivity index (χ1n) is 15.3. The highest BCUT2D eigenvalue weighted by molar-refractivity contribution is 5.98. The number of aromatic amines is 1. The van der Waals surface area contributed by atoms with Gasteiger partial charge in [0, 0.05) is 37.0 Å². The Kier molecular flexibility index (Phi) is 8.72. The molecule has 1 aromatic heterocycles. The molecule has 2 saturated heterocycles. The maximum absolute atomic E-state index is 13.1. The van der Waals surface area contributed by atoms with Gasteiger partial charge >= 0.3 is 0 Å². The third-order valence-corrected chi connectivity index (χ3v) is 8.63. The van der Waals surface area contributed by atoms with E-state index in [9.17, 15) is 19.2 Å². The van der Waals surface area contributed by atoms with E-state index < -0.39 is 6.04 Å². The Bertz CT molecular complexity index is 1670. The van der Waals surface area contributed by atoms with Crippen molar-refractivity contribution in [2.75, 3.05) is 23.3 Å². The second-order valence-corrected chi connectivity index (χ2v) is 11.5. The molecule has 2 aliphatic heterocycles. The Morgan fingerprint density at radius 1 is 0.933 bits per heavy atom. The average Bonchev–Trinajstić information content (AvgIpc) is 3.84. The molecule has 3 aromatic carbocycles.